The van der Waals surface area contributed by atoms with Crippen molar-refractivity contribution >= 4 is 50.8 Å². The molecule has 0 radical (unpaired) electrons. The normalized spacial score (nSPS) is 15.0. The van der Waals surface area contributed by atoms with Crippen LogP contribution in [0.15, 0.2) is 41.3 Å². The Labute approximate surface area is 189 Å². The van der Waals surface area contributed by atoms with E-state index >= 15 is 0 Å². The van der Waals surface area contributed by atoms with Crippen LogP contribution in [-0.2, 0) is 30.9 Å². The van der Waals surface area contributed by atoms with Gasteiger partial charge in [0.15, 0.2) is 6.61 Å². The van der Waals surface area contributed by atoms with Gasteiger partial charge in [0, 0.05) is 19.2 Å². The molecular weight excluding hydrogens is 477 g/mol. The molecule has 30 heavy (non-hydrogen) atoms. The Morgan fingerprint density at radius 1 is 1.03 bits per heavy atom. The molecule has 7 nitrogen and oxygen atoms in total. The van der Waals surface area contributed by atoms with E-state index in [9.17, 15) is 13.2 Å². The molecule has 0 N–H and O–H groups in total. The van der Waals surface area contributed by atoms with Crippen LogP contribution in [0.4, 0.5) is 0 Å². The van der Waals surface area contributed by atoms with Crippen molar-refractivity contribution in [2.45, 2.75) is 11.5 Å². The van der Waals surface area contributed by atoms with Crippen molar-refractivity contribution in [3.05, 3.63) is 57.0 Å². The summed E-state index contributed by atoms with van der Waals surface area (Å²) in [4.78, 5) is 12.1. The first-order chi connectivity index (χ1) is 14.3. The number of morpholine rings is 1. The second-order valence-electron chi connectivity index (χ2n) is 6.31. The zero-order valence-electron chi connectivity index (χ0n) is 15.6. The Balaban J connectivity index is 1.57. The molecule has 11 heteroatoms. The molecule has 3 rings (SSSR count). The van der Waals surface area contributed by atoms with Crippen molar-refractivity contribution in [3.63, 3.8) is 0 Å². The number of carbonyl (C=O) groups excluding carboxylic acids is 1. The Hall–Kier alpha value is -1.55. The molecule has 162 valence electrons. The van der Waals surface area contributed by atoms with Gasteiger partial charge in [-0.3, -0.25) is 0 Å². The van der Waals surface area contributed by atoms with E-state index in [1.165, 1.54) is 28.6 Å². The molecule has 1 aliphatic rings. The summed E-state index contributed by atoms with van der Waals surface area (Å²) in [6.45, 7) is 0.818. The summed E-state index contributed by atoms with van der Waals surface area (Å²) in [5, 5.41) is 0.712. The summed E-state index contributed by atoms with van der Waals surface area (Å²) >= 11 is 17.7. The lowest BCUT2D eigenvalue weighted by atomic mass is 10.2. The van der Waals surface area contributed by atoms with Crippen LogP contribution in [0.25, 0.3) is 0 Å². The lowest BCUT2D eigenvalue weighted by Gasteiger charge is -2.26. The maximum absolute atomic E-state index is 12.7. The highest BCUT2D eigenvalue weighted by molar-refractivity contribution is 7.89. The SMILES string of the molecule is O=C(COc1cc(Cl)c(Cl)cc1Cl)OCc1cccc(S(=O)(=O)N2CCOCC2)c1. The van der Waals surface area contributed by atoms with Crippen LogP contribution in [-0.4, -0.2) is 51.6 Å². The summed E-state index contributed by atoms with van der Waals surface area (Å²) in [7, 11) is -3.63. The minimum Gasteiger partial charge on any atom is -0.480 e. The Morgan fingerprint density at radius 2 is 1.73 bits per heavy atom. The van der Waals surface area contributed by atoms with Crippen molar-refractivity contribution in [2.75, 3.05) is 32.9 Å². The minimum absolute atomic E-state index is 0.107. The Bertz CT molecular complexity index is 1020. The summed E-state index contributed by atoms with van der Waals surface area (Å²) < 4.78 is 42.5. The predicted octanol–water partition coefficient (Wildman–Crippen LogP) is 3.79. The molecule has 2 aromatic rings. The number of sulfonamides is 1. The maximum atomic E-state index is 12.7. The second-order valence-corrected chi connectivity index (χ2v) is 9.47. The van der Waals surface area contributed by atoms with Crippen LogP contribution in [0.3, 0.4) is 0 Å². The topological polar surface area (TPSA) is 82.1 Å². The molecule has 0 saturated carbocycles. The summed E-state index contributed by atoms with van der Waals surface area (Å²) in [6.07, 6.45) is 0. The number of halogens is 3. The van der Waals surface area contributed by atoms with Crippen molar-refractivity contribution in [3.8, 4) is 5.75 Å². The molecule has 1 aliphatic heterocycles. The number of esters is 1. The van der Waals surface area contributed by atoms with Gasteiger partial charge < -0.3 is 14.2 Å². The molecule has 1 fully saturated rings. The predicted molar refractivity (Wildman–Crippen MR) is 113 cm³/mol. The van der Waals surface area contributed by atoms with Crippen molar-refractivity contribution in [1.29, 1.82) is 0 Å². The number of hydrogen-bond acceptors (Lipinski definition) is 6. The van der Waals surface area contributed by atoms with E-state index in [2.05, 4.69) is 0 Å². The molecule has 1 heterocycles. The lowest BCUT2D eigenvalue weighted by molar-refractivity contribution is -0.147. The fraction of sp³-hybridized carbons (Fsp3) is 0.316. The van der Waals surface area contributed by atoms with Gasteiger partial charge >= 0.3 is 5.97 Å². The van der Waals surface area contributed by atoms with Gasteiger partial charge in [-0.2, -0.15) is 4.31 Å². The fourth-order valence-electron chi connectivity index (χ4n) is 2.69. The average molecular weight is 495 g/mol. The molecule has 0 aromatic heterocycles. The molecule has 2 aromatic carbocycles. The first-order valence-corrected chi connectivity index (χ1v) is 11.4. The number of carbonyl (C=O) groups is 1. The van der Waals surface area contributed by atoms with Gasteiger partial charge in [-0.05, 0) is 23.8 Å². The average Bonchev–Trinajstić information content (AvgIpc) is 2.74. The van der Waals surface area contributed by atoms with E-state index in [-0.39, 0.29) is 32.3 Å². The molecule has 0 amide bonds. The number of nitrogens with zero attached hydrogens (tertiary/aromatic N) is 1. The molecule has 0 bridgehead atoms. The summed E-state index contributed by atoms with van der Waals surface area (Å²) in [5.74, 6) is -0.458. The van der Waals surface area contributed by atoms with E-state index < -0.39 is 22.6 Å². The van der Waals surface area contributed by atoms with Gasteiger partial charge in [0.25, 0.3) is 0 Å². The van der Waals surface area contributed by atoms with Crippen LogP contribution < -0.4 is 4.74 Å². The quantitative estimate of drug-likeness (QED) is 0.430. The third-order valence-corrected chi connectivity index (χ3v) is 7.14. The number of rotatable bonds is 7. The number of ether oxygens (including phenoxy) is 3. The second kappa shape index (κ2) is 10.2. The van der Waals surface area contributed by atoms with E-state index in [1.807, 2.05) is 0 Å². The van der Waals surface area contributed by atoms with Gasteiger partial charge in [-0.25, -0.2) is 13.2 Å². The van der Waals surface area contributed by atoms with E-state index in [4.69, 9.17) is 49.0 Å². The zero-order chi connectivity index (χ0) is 21.7. The molecule has 0 aliphatic carbocycles. The first kappa shape index (κ1) is 23.1. The molecule has 1 saturated heterocycles. The van der Waals surface area contributed by atoms with Gasteiger partial charge in [-0.15, -0.1) is 0 Å². The molecule has 0 spiro atoms. The molecular formula is C19H18Cl3NO6S. The highest BCUT2D eigenvalue weighted by atomic mass is 35.5. The van der Waals surface area contributed by atoms with Crippen LogP contribution in [0.2, 0.25) is 15.1 Å². The van der Waals surface area contributed by atoms with Crippen LogP contribution in [0, 0.1) is 0 Å². The third-order valence-electron chi connectivity index (χ3n) is 4.23. The van der Waals surface area contributed by atoms with Crippen molar-refractivity contribution < 1.29 is 27.4 Å². The van der Waals surface area contributed by atoms with E-state index in [1.54, 1.807) is 12.1 Å². The summed E-state index contributed by atoms with van der Waals surface area (Å²) in [6, 6.07) is 9.07. The monoisotopic (exact) mass is 493 g/mol. The highest BCUT2D eigenvalue weighted by Gasteiger charge is 2.26. The third kappa shape index (κ3) is 5.78. The minimum atomic E-state index is -3.63. The Kier molecular flexibility index (Phi) is 7.84. The van der Waals surface area contributed by atoms with Crippen LogP contribution in [0.1, 0.15) is 5.56 Å². The number of benzene rings is 2. The number of hydrogen-bond donors (Lipinski definition) is 0. The van der Waals surface area contributed by atoms with Crippen molar-refractivity contribution in [2.24, 2.45) is 0 Å². The van der Waals surface area contributed by atoms with Gasteiger partial charge in [0.2, 0.25) is 10.0 Å². The van der Waals surface area contributed by atoms with E-state index in [0.717, 1.165) is 0 Å². The lowest BCUT2D eigenvalue weighted by Crippen LogP contribution is -2.40. The van der Waals surface area contributed by atoms with Gasteiger partial charge in [0.1, 0.15) is 12.4 Å². The molecule has 0 atom stereocenters. The maximum Gasteiger partial charge on any atom is 0.344 e. The van der Waals surface area contributed by atoms with Crippen molar-refractivity contribution in [1.82, 2.24) is 4.31 Å². The fourth-order valence-corrected chi connectivity index (χ4v) is 4.76. The molecule has 0 unspecified atom stereocenters. The highest BCUT2D eigenvalue weighted by Crippen LogP contribution is 2.33. The summed E-state index contributed by atoms with van der Waals surface area (Å²) in [5.41, 5.74) is 0.533. The largest absolute Gasteiger partial charge is 0.480 e. The Morgan fingerprint density at radius 3 is 2.47 bits per heavy atom. The smallest absolute Gasteiger partial charge is 0.344 e. The van der Waals surface area contributed by atoms with Gasteiger partial charge in [-0.1, -0.05) is 46.9 Å². The van der Waals surface area contributed by atoms with E-state index in [0.29, 0.717) is 31.9 Å². The van der Waals surface area contributed by atoms with Crippen LogP contribution in [0.5, 0.6) is 5.75 Å². The zero-order valence-corrected chi connectivity index (χ0v) is 18.7. The first-order valence-electron chi connectivity index (χ1n) is 8.87. The van der Waals surface area contributed by atoms with Gasteiger partial charge in [0.05, 0.1) is 33.2 Å². The standard InChI is InChI=1S/C19H18Cl3NO6S/c20-15-9-17(22)18(10-16(15)21)28-12-19(24)29-11-13-2-1-3-14(8-13)30(25,26)23-4-6-27-7-5-23/h1-3,8-10H,4-7,11-12H2. The van der Waals surface area contributed by atoms with Crippen LogP contribution >= 0.6 is 34.8 Å².